The van der Waals surface area contributed by atoms with Crippen LogP contribution in [0, 0.1) is 0 Å². The number of hydrogen-bond donors (Lipinski definition) is 0. The molecule has 1 aromatic rings. The molecule has 0 aliphatic heterocycles. The summed E-state index contributed by atoms with van der Waals surface area (Å²) in [6.45, 7) is 0. The van der Waals surface area contributed by atoms with Crippen molar-refractivity contribution < 1.29 is 13.6 Å². The summed E-state index contributed by atoms with van der Waals surface area (Å²) in [5.41, 5.74) is 0.306. The van der Waals surface area contributed by atoms with Gasteiger partial charge in [-0.05, 0) is 11.6 Å². The molecule has 0 radical (unpaired) electrons. The van der Waals surface area contributed by atoms with Crippen molar-refractivity contribution in [2.45, 2.75) is 11.8 Å². The largest absolute Gasteiger partial charge is 0.296 e. The minimum absolute atomic E-state index is 0.0645. The van der Waals surface area contributed by atoms with Gasteiger partial charge in [-0.1, -0.05) is 22.0 Å². The number of carbonyl (C=O) groups excluding carboxylic acids is 1. The van der Waals surface area contributed by atoms with Crippen LogP contribution in [0.5, 0.6) is 0 Å². The predicted octanol–water partition coefficient (Wildman–Crippen LogP) is 2.73. The maximum Gasteiger partial charge on any atom is 0.280 e. The third-order valence-electron chi connectivity index (χ3n) is 1.51. The lowest BCUT2D eigenvalue weighted by molar-refractivity contribution is 0.111. The quantitative estimate of drug-likeness (QED) is 0.609. The molecule has 0 atom stereocenters. The molecule has 0 amide bonds. The summed E-state index contributed by atoms with van der Waals surface area (Å²) in [6, 6.07) is 2.68. The molecule has 70 valence electrons. The van der Waals surface area contributed by atoms with Gasteiger partial charge in [0.15, 0.2) is 6.29 Å². The number of aromatic nitrogens is 1. The van der Waals surface area contributed by atoms with Crippen molar-refractivity contribution in [1.29, 1.82) is 0 Å². The second-order valence-corrected chi connectivity index (χ2v) is 2.89. The van der Waals surface area contributed by atoms with E-state index in [2.05, 4.69) is 20.9 Å². The molecule has 0 bridgehead atoms. The number of aldehydes is 1. The van der Waals surface area contributed by atoms with Gasteiger partial charge in [-0.15, -0.1) is 0 Å². The maximum absolute atomic E-state index is 12.1. The molecular weight excluding hydrogens is 244 g/mol. The van der Waals surface area contributed by atoms with Crippen molar-refractivity contribution in [1.82, 2.24) is 4.98 Å². The molecule has 0 saturated carbocycles. The van der Waals surface area contributed by atoms with Gasteiger partial charge in [0.1, 0.15) is 11.4 Å². The van der Waals surface area contributed by atoms with Crippen LogP contribution < -0.4 is 0 Å². The van der Waals surface area contributed by atoms with Gasteiger partial charge in [0.2, 0.25) is 0 Å². The standard InChI is InChI=1S/C8H6BrF2NO/c9-3-5-1-2-6(8(10)11)12-7(5)4-13/h1-2,4,8H,3H2. The Labute approximate surface area is 82.1 Å². The van der Waals surface area contributed by atoms with Crippen molar-refractivity contribution in [2.24, 2.45) is 0 Å². The van der Waals surface area contributed by atoms with E-state index in [-0.39, 0.29) is 11.4 Å². The van der Waals surface area contributed by atoms with Gasteiger partial charge >= 0.3 is 0 Å². The number of rotatable bonds is 3. The van der Waals surface area contributed by atoms with E-state index in [1.807, 2.05) is 0 Å². The van der Waals surface area contributed by atoms with Gasteiger partial charge in [-0.3, -0.25) is 4.79 Å². The average molecular weight is 250 g/mol. The van der Waals surface area contributed by atoms with Crippen LogP contribution in [0.25, 0.3) is 0 Å². The van der Waals surface area contributed by atoms with E-state index in [0.717, 1.165) is 0 Å². The normalized spacial score (nSPS) is 10.5. The van der Waals surface area contributed by atoms with Gasteiger partial charge in [-0.25, -0.2) is 13.8 Å². The predicted molar refractivity (Wildman–Crippen MR) is 47.2 cm³/mol. The number of alkyl halides is 3. The average Bonchev–Trinajstić information content (AvgIpc) is 2.16. The van der Waals surface area contributed by atoms with Gasteiger partial charge in [0.05, 0.1) is 0 Å². The first kappa shape index (κ1) is 10.2. The van der Waals surface area contributed by atoms with Gasteiger partial charge in [0, 0.05) is 5.33 Å². The van der Waals surface area contributed by atoms with Gasteiger partial charge < -0.3 is 0 Å². The van der Waals surface area contributed by atoms with E-state index in [0.29, 0.717) is 17.2 Å². The molecule has 0 aliphatic rings. The van der Waals surface area contributed by atoms with Crippen LogP contribution in [0.3, 0.4) is 0 Å². The molecule has 1 aromatic heterocycles. The number of pyridine rings is 1. The van der Waals surface area contributed by atoms with E-state index in [1.165, 1.54) is 12.1 Å². The summed E-state index contributed by atoms with van der Waals surface area (Å²) in [7, 11) is 0. The Morgan fingerprint density at radius 1 is 1.54 bits per heavy atom. The highest BCUT2D eigenvalue weighted by Gasteiger charge is 2.11. The zero-order valence-electron chi connectivity index (χ0n) is 6.51. The molecule has 0 fully saturated rings. The van der Waals surface area contributed by atoms with Crippen molar-refractivity contribution in [3.63, 3.8) is 0 Å². The third-order valence-corrected chi connectivity index (χ3v) is 2.12. The van der Waals surface area contributed by atoms with Crippen LogP contribution in [-0.4, -0.2) is 11.3 Å². The van der Waals surface area contributed by atoms with E-state index >= 15 is 0 Å². The summed E-state index contributed by atoms with van der Waals surface area (Å²) < 4.78 is 24.3. The first-order valence-electron chi connectivity index (χ1n) is 3.48. The highest BCUT2D eigenvalue weighted by molar-refractivity contribution is 9.08. The summed E-state index contributed by atoms with van der Waals surface area (Å²) >= 11 is 3.12. The number of nitrogens with zero attached hydrogens (tertiary/aromatic N) is 1. The monoisotopic (exact) mass is 249 g/mol. The molecule has 0 aliphatic carbocycles. The lowest BCUT2D eigenvalue weighted by atomic mass is 10.2. The molecule has 0 unspecified atom stereocenters. The van der Waals surface area contributed by atoms with Crippen LogP contribution in [0.2, 0.25) is 0 Å². The van der Waals surface area contributed by atoms with Crippen molar-refractivity contribution >= 4 is 22.2 Å². The lowest BCUT2D eigenvalue weighted by Gasteiger charge is -2.02. The lowest BCUT2D eigenvalue weighted by Crippen LogP contribution is -1.99. The zero-order valence-corrected chi connectivity index (χ0v) is 8.09. The SMILES string of the molecule is O=Cc1nc(C(F)F)ccc1CBr. The summed E-state index contributed by atoms with van der Waals surface area (Å²) in [4.78, 5) is 13.9. The Morgan fingerprint density at radius 3 is 2.69 bits per heavy atom. The number of halogens is 3. The summed E-state index contributed by atoms with van der Waals surface area (Å²) in [5.74, 6) is 0. The minimum atomic E-state index is -2.64. The van der Waals surface area contributed by atoms with Gasteiger partial charge in [0.25, 0.3) is 6.43 Å². The summed E-state index contributed by atoms with van der Waals surface area (Å²) in [6.07, 6.45) is -2.16. The Balaban J connectivity index is 3.13. The Hall–Kier alpha value is -0.840. The Morgan fingerprint density at radius 2 is 2.23 bits per heavy atom. The van der Waals surface area contributed by atoms with E-state index in [4.69, 9.17) is 0 Å². The topological polar surface area (TPSA) is 30.0 Å². The Bertz CT molecular complexity index is 317. The Kier molecular flexibility index (Phi) is 3.48. The van der Waals surface area contributed by atoms with E-state index in [9.17, 15) is 13.6 Å². The van der Waals surface area contributed by atoms with Crippen molar-refractivity contribution in [3.8, 4) is 0 Å². The molecule has 13 heavy (non-hydrogen) atoms. The molecule has 5 heteroatoms. The molecule has 0 saturated heterocycles. The minimum Gasteiger partial charge on any atom is -0.296 e. The number of carbonyl (C=O) groups is 1. The van der Waals surface area contributed by atoms with E-state index in [1.54, 1.807) is 0 Å². The fourth-order valence-electron chi connectivity index (χ4n) is 0.856. The zero-order chi connectivity index (χ0) is 9.84. The second-order valence-electron chi connectivity index (χ2n) is 2.33. The molecule has 0 spiro atoms. The molecule has 1 rings (SSSR count). The van der Waals surface area contributed by atoms with Crippen LogP contribution in [0.4, 0.5) is 8.78 Å². The second kappa shape index (κ2) is 4.41. The molecule has 2 nitrogen and oxygen atoms in total. The van der Waals surface area contributed by atoms with Crippen LogP contribution in [-0.2, 0) is 5.33 Å². The van der Waals surface area contributed by atoms with E-state index < -0.39 is 6.43 Å². The van der Waals surface area contributed by atoms with Crippen molar-refractivity contribution in [2.75, 3.05) is 0 Å². The molecule has 1 heterocycles. The van der Waals surface area contributed by atoms with Crippen molar-refractivity contribution in [3.05, 3.63) is 29.1 Å². The molecule has 0 aromatic carbocycles. The summed E-state index contributed by atoms with van der Waals surface area (Å²) in [5, 5.41) is 0.428. The van der Waals surface area contributed by atoms with Crippen LogP contribution in [0.1, 0.15) is 28.2 Å². The fourth-order valence-corrected chi connectivity index (χ4v) is 1.33. The highest BCUT2D eigenvalue weighted by atomic mass is 79.9. The van der Waals surface area contributed by atoms with Crippen LogP contribution >= 0.6 is 15.9 Å². The maximum atomic E-state index is 12.1. The smallest absolute Gasteiger partial charge is 0.280 e. The first-order valence-corrected chi connectivity index (χ1v) is 4.60. The highest BCUT2D eigenvalue weighted by Crippen LogP contribution is 2.18. The molecular formula is C8H6BrF2NO. The first-order chi connectivity index (χ1) is 6.19. The fraction of sp³-hybridized carbons (Fsp3) is 0.250. The molecule has 0 N–H and O–H groups in total. The number of hydrogen-bond acceptors (Lipinski definition) is 2. The van der Waals surface area contributed by atoms with Gasteiger partial charge in [-0.2, -0.15) is 0 Å². The van der Waals surface area contributed by atoms with Crippen LogP contribution in [0.15, 0.2) is 12.1 Å². The third kappa shape index (κ3) is 2.30.